The summed E-state index contributed by atoms with van der Waals surface area (Å²) in [6.45, 7) is 0. The van der Waals surface area contributed by atoms with Crippen LogP contribution in [0.25, 0.3) is 11.1 Å². The van der Waals surface area contributed by atoms with E-state index in [4.69, 9.17) is 7.85 Å². The van der Waals surface area contributed by atoms with Crippen molar-refractivity contribution in [2.75, 3.05) is 0 Å². The molecule has 0 N–H and O–H groups in total. The summed E-state index contributed by atoms with van der Waals surface area (Å²) in [5.41, 5.74) is 3.02. The van der Waals surface area contributed by atoms with E-state index in [1.165, 1.54) is 0 Å². The SMILES string of the molecule is [B]c1ccc(Br)cc1-c1ccccc1. The highest BCUT2D eigenvalue weighted by molar-refractivity contribution is 9.10. The normalized spacial score (nSPS) is 10.1. The first-order valence-electron chi connectivity index (χ1n) is 4.38. The third-order valence-electron chi connectivity index (χ3n) is 2.10. The molecule has 2 radical (unpaired) electrons. The van der Waals surface area contributed by atoms with Gasteiger partial charge in [-0.3, -0.25) is 0 Å². The number of halogens is 1. The highest BCUT2D eigenvalue weighted by atomic mass is 79.9. The molecular formula is C12H8BBr. The monoisotopic (exact) mass is 242 g/mol. The van der Waals surface area contributed by atoms with Gasteiger partial charge in [0.25, 0.3) is 0 Å². The van der Waals surface area contributed by atoms with Gasteiger partial charge < -0.3 is 0 Å². The maximum Gasteiger partial charge on any atom is 0.114 e. The highest BCUT2D eigenvalue weighted by Gasteiger charge is 2.00. The van der Waals surface area contributed by atoms with Crippen LogP contribution in [0.15, 0.2) is 53.0 Å². The van der Waals surface area contributed by atoms with E-state index in [1.54, 1.807) is 0 Å². The number of rotatable bonds is 1. The molecule has 0 amide bonds. The van der Waals surface area contributed by atoms with E-state index < -0.39 is 0 Å². The molecule has 2 heteroatoms. The molecule has 0 heterocycles. The van der Waals surface area contributed by atoms with Crippen LogP contribution in [0.1, 0.15) is 0 Å². The molecule has 0 saturated carbocycles. The Morgan fingerprint density at radius 2 is 1.64 bits per heavy atom. The molecular weight excluding hydrogens is 235 g/mol. The Morgan fingerprint density at radius 3 is 2.36 bits per heavy atom. The zero-order valence-corrected chi connectivity index (χ0v) is 9.16. The van der Waals surface area contributed by atoms with Crippen LogP contribution in [0.3, 0.4) is 0 Å². The molecule has 0 unspecified atom stereocenters. The Labute approximate surface area is 93.5 Å². The molecule has 0 aliphatic rings. The summed E-state index contributed by atoms with van der Waals surface area (Å²) < 4.78 is 1.05. The van der Waals surface area contributed by atoms with Crippen molar-refractivity contribution in [3.63, 3.8) is 0 Å². The first-order valence-corrected chi connectivity index (χ1v) is 5.17. The van der Waals surface area contributed by atoms with Crippen molar-refractivity contribution in [2.24, 2.45) is 0 Å². The van der Waals surface area contributed by atoms with E-state index in [0.29, 0.717) is 0 Å². The fraction of sp³-hybridized carbons (Fsp3) is 0. The second kappa shape index (κ2) is 4.01. The second-order valence-corrected chi connectivity index (χ2v) is 4.01. The van der Waals surface area contributed by atoms with Crippen LogP contribution in [0.5, 0.6) is 0 Å². The molecule has 0 fully saturated rings. The third kappa shape index (κ3) is 1.90. The summed E-state index contributed by atoms with van der Waals surface area (Å²) in [5, 5.41) is 0. The molecule has 2 rings (SSSR count). The standard InChI is InChI=1S/C12H8BBr/c13-12-7-6-10(14)8-11(12)9-4-2-1-3-5-9/h1-8H. The Morgan fingerprint density at radius 1 is 0.929 bits per heavy atom. The second-order valence-electron chi connectivity index (χ2n) is 3.10. The van der Waals surface area contributed by atoms with E-state index in [0.717, 1.165) is 21.1 Å². The fourth-order valence-electron chi connectivity index (χ4n) is 1.40. The highest BCUT2D eigenvalue weighted by Crippen LogP contribution is 2.20. The van der Waals surface area contributed by atoms with Gasteiger partial charge in [0.1, 0.15) is 7.85 Å². The van der Waals surface area contributed by atoms with Crippen LogP contribution in [0, 0.1) is 0 Å². The van der Waals surface area contributed by atoms with Gasteiger partial charge in [0.15, 0.2) is 0 Å². The number of benzene rings is 2. The molecule has 0 aromatic heterocycles. The lowest BCUT2D eigenvalue weighted by Gasteiger charge is -2.06. The van der Waals surface area contributed by atoms with Gasteiger partial charge in [-0.1, -0.05) is 57.8 Å². The molecule has 0 atom stereocenters. The summed E-state index contributed by atoms with van der Waals surface area (Å²) >= 11 is 3.44. The summed E-state index contributed by atoms with van der Waals surface area (Å²) in [6, 6.07) is 16.0. The van der Waals surface area contributed by atoms with Gasteiger partial charge in [0, 0.05) is 4.47 Å². The molecule has 0 saturated heterocycles. The van der Waals surface area contributed by atoms with Gasteiger partial charge in [-0.05, 0) is 23.3 Å². The van der Waals surface area contributed by atoms with Gasteiger partial charge >= 0.3 is 0 Å². The van der Waals surface area contributed by atoms with E-state index in [9.17, 15) is 0 Å². The first kappa shape index (κ1) is 9.54. The van der Waals surface area contributed by atoms with Gasteiger partial charge in [0.05, 0.1) is 0 Å². The van der Waals surface area contributed by atoms with Crippen LogP contribution >= 0.6 is 15.9 Å². The lowest BCUT2D eigenvalue weighted by atomic mass is 9.87. The smallest absolute Gasteiger partial charge is 0.0889 e. The molecule has 0 bridgehead atoms. The molecule has 14 heavy (non-hydrogen) atoms. The van der Waals surface area contributed by atoms with Gasteiger partial charge in [-0.2, -0.15) is 0 Å². The van der Waals surface area contributed by atoms with Crippen molar-refractivity contribution in [1.82, 2.24) is 0 Å². The topological polar surface area (TPSA) is 0 Å². The van der Waals surface area contributed by atoms with Crippen molar-refractivity contribution in [1.29, 1.82) is 0 Å². The third-order valence-corrected chi connectivity index (χ3v) is 2.59. The fourth-order valence-corrected chi connectivity index (χ4v) is 1.76. The molecule has 0 nitrogen and oxygen atoms in total. The first-order chi connectivity index (χ1) is 6.77. The maximum atomic E-state index is 5.90. The molecule has 2 aromatic rings. The van der Waals surface area contributed by atoms with E-state index >= 15 is 0 Å². The van der Waals surface area contributed by atoms with E-state index in [1.807, 2.05) is 36.4 Å². The van der Waals surface area contributed by atoms with Crippen molar-refractivity contribution in [3.05, 3.63) is 53.0 Å². The number of hydrogen-bond acceptors (Lipinski definition) is 0. The zero-order chi connectivity index (χ0) is 9.97. The molecule has 0 aliphatic carbocycles. The van der Waals surface area contributed by atoms with Gasteiger partial charge in [-0.15, -0.1) is 0 Å². The predicted molar refractivity (Wildman–Crippen MR) is 65.0 cm³/mol. The van der Waals surface area contributed by atoms with Crippen LogP contribution in [-0.2, 0) is 0 Å². The lowest BCUT2D eigenvalue weighted by Crippen LogP contribution is -2.05. The van der Waals surface area contributed by atoms with Crippen LogP contribution < -0.4 is 5.46 Å². The van der Waals surface area contributed by atoms with Crippen molar-refractivity contribution in [2.45, 2.75) is 0 Å². The predicted octanol–water partition coefficient (Wildman–Crippen LogP) is 2.91. The van der Waals surface area contributed by atoms with Crippen LogP contribution in [0.2, 0.25) is 0 Å². The minimum atomic E-state index is 0.805. The summed E-state index contributed by atoms with van der Waals surface area (Å²) in [6.07, 6.45) is 0. The Balaban J connectivity index is 2.57. The van der Waals surface area contributed by atoms with Gasteiger partial charge in [0.2, 0.25) is 0 Å². The average molecular weight is 243 g/mol. The number of hydrogen-bond donors (Lipinski definition) is 0. The molecule has 66 valence electrons. The zero-order valence-electron chi connectivity index (χ0n) is 7.57. The van der Waals surface area contributed by atoms with Crippen LogP contribution in [0.4, 0.5) is 0 Å². The van der Waals surface area contributed by atoms with Crippen molar-refractivity contribution in [3.8, 4) is 11.1 Å². The quantitative estimate of drug-likeness (QED) is 0.675. The summed E-state index contributed by atoms with van der Waals surface area (Å²) in [7, 11) is 5.90. The molecule has 0 aliphatic heterocycles. The Kier molecular flexibility index (Phi) is 2.73. The minimum absolute atomic E-state index is 0.805. The average Bonchev–Trinajstić information content (AvgIpc) is 2.23. The maximum absolute atomic E-state index is 5.90. The van der Waals surface area contributed by atoms with Crippen molar-refractivity contribution >= 4 is 29.2 Å². The minimum Gasteiger partial charge on any atom is -0.0889 e. The molecule has 2 aromatic carbocycles. The van der Waals surface area contributed by atoms with Crippen molar-refractivity contribution < 1.29 is 0 Å². The van der Waals surface area contributed by atoms with Gasteiger partial charge in [-0.25, -0.2) is 0 Å². The Hall–Kier alpha value is -1.02. The van der Waals surface area contributed by atoms with E-state index in [2.05, 4.69) is 28.1 Å². The lowest BCUT2D eigenvalue weighted by molar-refractivity contribution is 1.62. The summed E-state index contributed by atoms with van der Waals surface area (Å²) in [5.74, 6) is 0. The molecule has 0 spiro atoms. The summed E-state index contributed by atoms with van der Waals surface area (Å²) in [4.78, 5) is 0. The van der Waals surface area contributed by atoms with Crippen LogP contribution in [-0.4, -0.2) is 7.85 Å². The largest absolute Gasteiger partial charge is 0.114 e. The van der Waals surface area contributed by atoms with E-state index in [-0.39, 0.29) is 0 Å². The Bertz CT molecular complexity index is 437.